The Morgan fingerprint density at radius 2 is 2.06 bits per heavy atom. The molecule has 1 unspecified atom stereocenters. The molecule has 0 saturated heterocycles. The summed E-state index contributed by atoms with van der Waals surface area (Å²) >= 11 is 5.34. The van der Waals surface area contributed by atoms with Crippen LogP contribution in [0.3, 0.4) is 0 Å². The first-order valence-electron chi connectivity index (χ1n) is 6.19. The lowest BCUT2D eigenvalue weighted by molar-refractivity contribution is 0.682. The number of halogens is 1. The predicted molar refractivity (Wildman–Crippen MR) is 79.2 cm³/mol. The number of nitrogens with one attached hydrogen (secondary N) is 1. The Morgan fingerprint density at radius 1 is 1.28 bits per heavy atom. The van der Waals surface area contributed by atoms with Crippen molar-refractivity contribution in [3.8, 4) is 0 Å². The van der Waals surface area contributed by atoms with Crippen LogP contribution in [0.4, 0.5) is 0 Å². The monoisotopic (exact) mass is 322 g/mol. The van der Waals surface area contributed by atoms with Gasteiger partial charge < -0.3 is 5.32 Å². The van der Waals surface area contributed by atoms with E-state index in [0.717, 1.165) is 10.9 Å². The Balaban J connectivity index is 1.93. The maximum atomic E-state index is 4.81. The second-order valence-electron chi connectivity index (χ2n) is 4.55. The summed E-state index contributed by atoms with van der Waals surface area (Å²) in [5.41, 5.74) is 2.60. The molecule has 2 nitrogen and oxygen atoms in total. The quantitative estimate of drug-likeness (QED) is 0.931. The molecule has 0 aliphatic heterocycles. The third kappa shape index (κ3) is 2.25. The zero-order chi connectivity index (χ0) is 12.5. The molecule has 1 aliphatic carbocycles. The van der Waals surface area contributed by atoms with Crippen LogP contribution in [-0.2, 0) is 12.8 Å². The normalized spacial score (nSPS) is 15.7. The number of fused-ring (bicyclic) bond motifs is 1. The molecule has 1 atom stereocenters. The van der Waals surface area contributed by atoms with Crippen LogP contribution in [0.5, 0.6) is 0 Å². The second kappa shape index (κ2) is 5.11. The molecule has 18 heavy (non-hydrogen) atoms. The van der Waals surface area contributed by atoms with Crippen molar-refractivity contribution in [2.45, 2.75) is 25.3 Å². The highest BCUT2D eigenvalue weighted by atomic mass is 79.9. The molecule has 0 amide bonds. The molecular formula is C14H15BrN2S. The van der Waals surface area contributed by atoms with E-state index >= 15 is 0 Å². The molecule has 0 saturated carbocycles. The van der Waals surface area contributed by atoms with Gasteiger partial charge in [0, 0.05) is 9.35 Å². The number of rotatable bonds is 3. The minimum atomic E-state index is 0.216. The molecule has 3 rings (SSSR count). The van der Waals surface area contributed by atoms with Gasteiger partial charge in [-0.05, 0) is 44.0 Å². The summed E-state index contributed by atoms with van der Waals surface area (Å²) in [6, 6.07) is 8.69. The van der Waals surface area contributed by atoms with E-state index in [-0.39, 0.29) is 6.04 Å². The Morgan fingerprint density at radius 3 is 2.72 bits per heavy atom. The summed E-state index contributed by atoms with van der Waals surface area (Å²) in [6.07, 6.45) is 3.64. The third-order valence-corrected chi connectivity index (χ3v) is 5.10. The first-order chi connectivity index (χ1) is 8.78. The van der Waals surface area contributed by atoms with E-state index in [1.54, 1.807) is 0 Å². The summed E-state index contributed by atoms with van der Waals surface area (Å²) in [5.74, 6) is 0. The van der Waals surface area contributed by atoms with Crippen molar-refractivity contribution >= 4 is 27.3 Å². The smallest absolute Gasteiger partial charge is 0.115 e. The van der Waals surface area contributed by atoms with Crippen LogP contribution >= 0.6 is 27.3 Å². The number of aryl methyl sites for hydroxylation is 2. The fourth-order valence-corrected chi connectivity index (χ4v) is 3.98. The molecule has 0 radical (unpaired) electrons. The van der Waals surface area contributed by atoms with E-state index < -0.39 is 0 Å². The van der Waals surface area contributed by atoms with E-state index in [0.29, 0.717) is 0 Å². The van der Waals surface area contributed by atoms with E-state index in [2.05, 4.69) is 45.5 Å². The SMILES string of the molecule is CNC(c1ccc(Br)cc1)c1nc2c(s1)CCC2. The maximum Gasteiger partial charge on any atom is 0.115 e. The average Bonchev–Trinajstić information content (AvgIpc) is 2.93. The predicted octanol–water partition coefficient (Wildman–Crippen LogP) is 3.70. The van der Waals surface area contributed by atoms with Crippen molar-refractivity contribution in [2.24, 2.45) is 0 Å². The second-order valence-corrected chi connectivity index (χ2v) is 6.58. The lowest BCUT2D eigenvalue weighted by Crippen LogP contribution is -2.17. The van der Waals surface area contributed by atoms with Gasteiger partial charge in [-0.1, -0.05) is 28.1 Å². The topological polar surface area (TPSA) is 24.9 Å². The number of thiazole rings is 1. The highest BCUT2D eigenvalue weighted by Crippen LogP contribution is 2.33. The molecule has 1 aliphatic rings. The average molecular weight is 323 g/mol. The summed E-state index contributed by atoms with van der Waals surface area (Å²) in [4.78, 5) is 6.29. The minimum absolute atomic E-state index is 0.216. The molecule has 0 fully saturated rings. The highest BCUT2D eigenvalue weighted by Gasteiger charge is 2.22. The largest absolute Gasteiger partial charge is 0.307 e. The van der Waals surface area contributed by atoms with Crippen molar-refractivity contribution in [1.82, 2.24) is 10.3 Å². The Labute approximate surface area is 120 Å². The summed E-state index contributed by atoms with van der Waals surface area (Å²) < 4.78 is 1.11. The van der Waals surface area contributed by atoms with Gasteiger partial charge >= 0.3 is 0 Å². The molecule has 1 N–H and O–H groups in total. The van der Waals surface area contributed by atoms with E-state index in [1.165, 1.54) is 34.0 Å². The molecule has 1 heterocycles. The van der Waals surface area contributed by atoms with E-state index in [1.807, 2.05) is 18.4 Å². The number of hydrogen-bond donors (Lipinski definition) is 1. The third-order valence-electron chi connectivity index (χ3n) is 3.35. The lowest BCUT2D eigenvalue weighted by atomic mass is 10.1. The Hall–Kier alpha value is -0.710. The van der Waals surface area contributed by atoms with Gasteiger partial charge in [-0.15, -0.1) is 11.3 Å². The van der Waals surface area contributed by atoms with Crippen LogP contribution in [0.1, 0.15) is 33.6 Å². The van der Waals surface area contributed by atoms with Crippen LogP contribution in [0.15, 0.2) is 28.7 Å². The number of hydrogen-bond acceptors (Lipinski definition) is 3. The molecule has 0 spiro atoms. The number of benzene rings is 1. The highest BCUT2D eigenvalue weighted by molar-refractivity contribution is 9.10. The number of aromatic nitrogens is 1. The minimum Gasteiger partial charge on any atom is -0.307 e. The van der Waals surface area contributed by atoms with Crippen LogP contribution in [0.2, 0.25) is 0 Å². The maximum absolute atomic E-state index is 4.81. The molecule has 2 aromatic rings. The van der Waals surface area contributed by atoms with Crippen molar-refractivity contribution in [1.29, 1.82) is 0 Å². The van der Waals surface area contributed by atoms with Crippen molar-refractivity contribution in [3.05, 3.63) is 49.9 Å². The van der Waals surface area contributed by atoms with Crippen LogP contribution in [0, 0.1) is 0 Å². The van der Waals surface area contributed by atoms with Gasteiger partial charge in [0.05, 0.1) is 11.7 Å². The van der Waals surface area contributed by atoms with Gasteiger partial charge in [-0.3, -0.25) is 0 Å². The Kier molecular flexibility index (Phi) is 3.50. The van der Waals surface area contributed by atoms with Gasteiger partial charge in [0.25, 0.3) is 0 Å². The van der Waals surface area contributed by atoms with Crippen molar-refractivity contribution in [2.75, 3.05) is 7.05 Å². The molecule has 1 aromatic carbocycles. The molecule has 94 valence electrons. The Bertz CT molecular complexity index is 526. The van der Waals surface area contributed by atoms with Crippen LogP contribution < -0.4 is 5.32 Å². The molecular weight excluding hydrogens is 308 g/mol. The van der Waals surface area contributed by atoms with Gasteiger partial charge in [0.15, 0.2) is 0 Å². The van der Waals surface area contributed by atoms with Gasteiger partial charge in [-0.2, -0.15) is 0 Å². The van der Waals surface area contributed by atoms with E-state index in [4.69, 9.17) is 4.98 Å². The summed E-state index contributed by atoms with van der Waals surface area (Å²) in [7, 11) is 2.00. The van der Waals surface area contributed by atoms with Crippen molar-refractivity contribution < 1.29 is 0 Å². The number of nitrogens with zero attached hydrogens (tertiary/aromatic N) is 1. The zero-order valence-electron chi connectivity index (χ0n) is 10.2. The molecule has 4 heteroatoms. The summed E-state index contributed by atoms with van der Waals surface area (Å²) in [6.45, 7) is 0. The fraction of sp³-hybridized carbons (Fsp3) is 0.357. The van der Waals surface area contributed by atoms with E-state index in [9.17, 15) is 0 Å². The van der Waals surface area contributed by atoms with Gasteiger partial charge in [0.1, 0.15) is 5.01 Å². The fourth-order valence-electron chi connectivity index (χ4n) is 2.42. The standard InChI is InChI=1S/C14H15BrN2S/c1-16-13(9-5-7-10(15)8-6-9)14-17-11-3-2-4-12(11)18-14/h5-8,13,16H,2-4H2,1H3. The molecule has 1 aromatic heterocycles. The first kappa shape index (κ1) is 12.3. The van der Waals surface area contributed by atoms with Crippen LogP contribution in [0.25, 0.3) is 0 Å². The zero-order valence-corrected chi connectivity index (χ0v) is 12.6. The van der Waals surface area contributed by atoms with Crippen molar-refractivity contribution in [3.63, 3.8) is 0 Å². The summed E-state index contributed by atoms with van der Waals surface area (Å²) in [5, 5.41) is 4.57. The molecule has 0 bridgehead atoms. The first-order valence-corrected chi connectivity index (χ1v) is 7.80. The lowest BCUT2D eigenvalue weighted by Gasteiger charge is -2.14. The van der Waals surface area contributed by atoms with Gasteiger partial charge in [-0.25, -0.2) is 4.98 Å². The van der Waals surface area contributed by atoms with Crippen LogP contribution in [-0.4, -0.2) is 12.0 Å². The van der Waals surface area contributed by atoms with Gasteiger partial charge in [0.2, 0.25) is 0 Å².